The summed E-state index contributed by atoms with van der Waals surface area (Å²) < 4.78 is 36.1. The van der Waals surface area contributed by atoms with Gasteiger partial charge >= 0.3 is 18.0 Å². The van der Waals surface area contributed by atoms with Gasteiger partial charge in [-0.15, -0.1) is 0 Å². The number of hydrogen-bond donors (Lipinski definition) is 1. The van der Waals surface area contributed by atoms with Crippen molar-refractivity contribution in [2.75, 3.05) is 159 Å². The summed E-state index contributed by atoms with van der Waals surface area (Å²) in [6, 6.07) is 4.61. The van der Waals surface area contributed by atoms with Crippen molar-refractivity contribution in [2.45, 2.75) is 151 Å². The van der Waals surface area contributed by atoms with Crippen molar-refractivity contribution in [2.24, 2.45) is 0 Å². The van der Waals surface area contributed by atoms with Crippen LogP contribution in [0.25, 0.3) is 0 Å². The lowest BCUT2D eigenvalue weighted by Crippen LogP contribution is -2.56. The van der Waals surface area contributed by atoms with E-state index in [0.717, 1.165) is 51.4 Å². The molecule has 6 heterocycles. The van der Waals surface area contributed by atoms with E-state index in [9.17, 15) is 27.6 Å². The minimum absolute atomic E-state index is 0.121. The van der Waals surface area contributed by atoms with E-state index in [4.69, 9.17) is 0 Å². The van der Waals surface area contributed by atoms with Crippen molar-refractivity contribution >= 4 is 17.7 Å². The smallest absolute Gasteiger partial charge is 0.343 e. The fourth-order valence-electron chi connectivity index (χ4n) is 8.55. The van der Waals surface area contributed by atoms with Crippen LogP contribution in [0, 0.1) is 0 Å². The molecule has 0 spiro atoms. The molecule has 402 valence electrons. The summed E-state index contributed by atoms with van der Waals surface area (Å²) >= 11 is 0. The van der Waals surface area contributed by atoms with E-state index in [2.05, 4.69) is 137 Å². The van der Waals surface area contributed by atoms with E-state index in [1.807, 2.05) is 20.9 Å². The van der Waals surface area contributed by atoms with Gasteiger partial charge in [0.2, 0.25) is 5.91 Å². The van der Waals surface area contributed by atoms with Crippen LogP contribution in [0.2, 0.25) is 0 Å². The molecule has 6 saturated heterocycles. The van der Waals surface area contributed by atoms with Crippen LogP contribution in [-0.4, -0.2) is 285 Å². The highest BCUT2D eigenvalue weighted by atomic mass is 19.4. The molecule has 6 aliphatic rings. The van der Waals surface area contributed by atoms with Crippen molar-refractivity contribution in [3.8, 4) is 0 Å². The molecule has 0 aliphatic carbocycles. The molecule has 0 bridgehead atoms. The Morgan fingerprint density at radius 3 is 1.26 bits per heavy atom. The van der Waals surface area contributed by atoms with Crippen LogP contribution in [0.15, 0.2) is 0 Å². The maximum absolute atomic E-state index is 12.0. The summed E-state index contributed by atoms with van der Waals surface area (Å²) in [5, 5.41) is 3.33. The molecular formula is C50H103F3N12O3. The van der Waals surface area contributed by atoms with Gasteiger partial charge < -0.3 is 24.9 Å². The van der Waals surface area contributed by atoms with E-state index in [1.165, 1.54) is 62.2 Å². The molecule has 0 radical (unpaired) electrons. The average Bonchev–Trinajstić information content (AvgIpc) is 3.26. The van der Waals surface area contributed by atoms with Crippen LogP contribution in [0.3, 0.4) is 0 Å². The van der Waals surface area contributed by atoms with Gasteiger partial charge in [0.05, 0.1) is 13.1 Å². The normalized spacial score (nSPS) is 24.0. The number of halogens is 3. The molecule has 6 rings (SSSR count). The molecule has 18 heteroatoms. The first-order valence-corrected chi connectivity index (χ1v) is 26.0. The lowest BCUT2D eigenvalue weighted by molar-refractivity contribution is -0.156. The third-order valence-electron chi connectivity index (χ3n) is 14.1. The molecule has 2 unspecified atom stereocenters. The number of carbonyl (C=O) groups is 3. The van der Waals surface area contributed by atoms with Crippen LogP contribution < -0.4 is 5.32 Å². The molecule has 0 aromatic carbocycles. The van der Waals surface area contributed by atoms with E-state index in [0.29, 0.717) is 62.9 Å². The van der Waals surface area contributed by atoms with Crippen LogP contribution >= 0.6 is 0 Å². The van der Waals surface area contributed by atoms with Gasteiger partial charge in [0, 0.05) is 180 Å². The largest absolute Gasteiger partial charge is 0.401 e. The van der Waals surface area contributed by atoms with Crippen molar-refractivity contribution < 1.29 is 27.6 Å². The number of likely N-dealkylation sites (N-methyl/N-ethyl adjacent to an activating group) is 4. The third-order valence-corrected chi connectivity index (χ3v) is 14.1. The number of rotatable bonds is 7. The summed E-state index contributed by atoms with van der Waals surface area (Å²) in [6.07, 6.45) is -4.06. The minimum atomic E-state index is -4.06. The van der Waals surface area contributed by atoms with Gasteiger partial charge in [0.25, 0.3) is 0 Å². The van der Waals surface area contributed by atoms with Gasteiger partial charge in [-0.3, -0.25) is 48.7 Å². The summed E-state index contributed by atoms with van der Waals surface area (Å²) in [5.74, 6) is -0.529. The van der Waals surface area contributed by atoms with Gasteiger partial charge in [-0.05, 0) is 111 Å². The molecule has 0 aromatic heterocycles. The monoisotopic (exact) mass is 977 g/mol. The zero-order valence-electron chi connectivity index (χ0n) is 46.5. The molecule has 1 N–H and O–H groups in total. The predicted octanol–water partition coefficient (Wildman–Crippen LogP) is 3.80. The predicted molar refractivity (Wildman–Crippen MR) is 275 cm³/mol. The average molecular weight is 977 g/mol. The van der Waals surface area contributed by atoms with E-state index < -0.39 is 18.6 Å². The molecule has 6 aliphatic heterocycles. The molecular weight excluding hydrogens is 874 g/mol. The Balaban J connectivity index is 0.000000410. The molecule has 2 atom stereocenters. The molecule has 3 amide bonds. The number of nitrogens with zero attached hydrogens (tertiary/aromatic N) is 11. The van der Waals surface area contributed by atoms with Gasteiger partial charge in [-0.25, -0.2) is 0 Å². The summed E-state index contributed by atoms with van der Waals surface area (Å²) in [4.78, 5) is 56.8. The third kappa shape index (κ3) is 24.8. The zero-order valence-corrected chi connectivity index (χ0v) is 46.5. The van der Waals surface area contributed by atoms with Crippen LogP contribution in [0.1, 0.15) is 96.9 Å². The number of nitrogens with one attached hydrogen (secondary N) is 1. The summed E-state index contributed by atoms with van der Waals surface area (Å²) in [6.45, 7) is 48.2. The van der Waals surface area contributed by atoms with Crippen LogP contribution in [-0.2, 0) is 14.4 Å². The SMILES string of the molecule is CC(C)N1CC(C)N(C)C(C)C1.CC(C)N1CCN(C)C(=O)C1.CC(C)N1CCN(C)C(=O)C1=O.CC(C)N1CCN(C)CC1.CC(C)N1CCN(CC(F)(F)F)CC1.CC(C)N1CCNCC1. The molecule has 0 saturated carbocycles. The Bertz CT molecular complexity index is 1370. The second kappa shape index (κ2) is 32.0. The maximum atomic E-state index is 12.0. The summed E-state index contributed by atoms with van der Waals surface area (Å²) in [5.41, 5.74) is 0. The quantitative estimate of drug-likeness (QED) is 0.377. The lowest BCUT2D eigenvalue weighted by atomic mass is 10.1. The maximum Gasteiger partial charge on any atom is 0.401 e. The Hall–Kier alpha value is -2.16. The van der Waals surface area contributed by atoms with Crippen molar-refractivity contribution in [1.29, 1.82) is 0 Å². The van der Waals surface area contributed by atoms with Crippen molar-refractivity contribution in [3.05, 3.63) is 0 Å². The topological polar surface area (TPSA) is 98.9 Å². The van der Waals surface area contributed by atoms with Gasteiger partial charge in [-0.2, -0.15) is 13.2 Å². The fraction of sp³-hybridized carbons (Fsp3) is 0.940. The van der Waals surface area contributed by atoms with E-state index in [-0.39, 0.29) is 17.9 Å². The Morgan fingerprint density at radius 2 is 0.882 bits per heavy atom. The zero-order chi connectivity index (χ0) is 52.1. The number of carbonyl (C=O) groups excluding carboxylic acids is 3. The molecule has 15 nitrogen and oxygen atoms in total. The van der Waals surface area contributed by atoms with Gasteiger partial charge in [-0.1, -0.05) is 0 Å². The molecule has 0 aromatic rings. The first-order valence-electron chi connectivity index (χ1n) is 26.0. The van der Waals surface area contributed by atoms with Crippen LogP contribution in [0.4, 0.5) is 13.2 Å². The van der Waals surface area contributed by atoms with E-state index >= 15 is 0 Å². The summed E-state index contributed by atoms with van der Waals surface area (Å²) in [7, 11) is 7.93. The van der Waals surface area contributed by atoms with Crippen LogP contribution in [0.5, 0.6) is 0 Å². The van der Waals surface area contributed by atoms with Gasteiger partial charge in [0.1, 0.15) is 0 Å². The van der Waals surface area contributed by atoms with Gasteiger partial charge in [0.15, 0.2) is 0 Å². The number of hydrogen-bond acceptors (Lipinski definition) is 12. The number of alkyl halides is 3. The fourth-order valence-corrected chi connectivity index (χ4v) is 8.55. The minimum Gasteiger partial charge on any atom is -0.343 e. The highest BCUT2D eigenvalue weighted by Crippen LogP contribution is 2.18. The highest BCUT2D eigenvalue weighted by Gasteiger charge is 2.33. The highest BCUT2D eigenvalue weighted by molar-refractivity contribution is 6.35. The Labute approximate surface area is 414 Å². The van der Waals surface area contributed by atoms with E-state index in [1.54, 1.807) is 16.8 Å². The Kier molecular flexibility index (Phi) is 30.1. The first-order chi connectivity index (χ1) is 31.6. The second-order valence-corrected chi connectivity index (χ2v) is 21.4. The number of piperazine rings is 6. The number of amides is 3. The second-order valence-electron chi connectivity index (χ2n) is 21.4. The standard InChI is InChI=1S/C10H22N2.C9H17F3N2.C8H14N2O2.C8H16N2O.C8H18N2.C7H16N2/c1-8(2)12-6-9(3)11(5)10(4)7-12;1-8(2)14-5-3-13(4-6-14)7-9(10,11)12;1-6(2)10-5-4-9(3)7(11)8(10)12;1-7(2)10-5-4-9(3)8(11)6-10;1-8(2)10-6-4-9(3)5-7-10;1-7(2)9-5-3-8-4-6-9/h8-10H,6-7H2,1-5H3;8H,3-7H2,1-2H3;6H,4-5H2,1-3H3;7H,4-6H2,1-3H3;8H,4-7H2,1-3H3;7-8H,3-6H2,1-2H3. The Morgan fingerprint density at radius 1 is 0.485 bits per heavy atom. The van der Waals surface area contributed by atoms with Crippen molar-refractivity contribution in [1.82, 2.24) is 59.2 Å². The molecule has 68 heavy (non-hydrogen) atoms. The molecule has 6 fully saturated rings. The lowest BCUT2D eigenvalue weighted by Gasteiger charge is -2.44. The first kappa shape index (κ1) is 63.9. The van der Waals surface area contributed by atoms with Crippen molar-refractivity contribution in [3.63, 3.8) is 0 Å².